The summed E-state index contributed by atoms with van der Waals surface area (Å²) in [7, 11) is 3.19. The summed E-state index contributed by atoms with van der Waals surface area (Å²) in [5.74, 6) is -2.13. The standard InChI is InChI=1S/C10H12F2N2O/c1-14(2)9(10(13)15)7-4-3-6(11)5-8(7)12/h3-5,9H,1-2H3,(H2,13,15). The molecule has 1 amide bonds. The number of hydrogen-bond donors (Lipinski definition) is 1. The fraction of sp³-hybridized carbons (Fsp3) is 0.300. The van der Waals surface area contributed by atoms with E-state index >= 15 is 0 Å². The first-order valence-electron chi connectivity index (χ1n) is 4.34. The van der Waals surface area contributed by atoms with Crippen LogP contribution < -0.4 is 5.73 Å². The second kappa shape index (κ2) is 4.35. The monoisotopic (exact) mass is 214 g/mol. The fourth-order valence-electron chi connectivity index (χ4n) is 1.41. The normalized spacial score (nSPS) is 12.9. The molecule has 0 aliphatic heterocycles. The molecule has 2 N–H and O–H groups in total. The molecule has 0 radical (unpaired) electrons. The molecule has 0 aliphatic carbocycles. The van der Waals surface area contributed by atoms with Gasteiger partial charge < -0.3 is 5.73 Å². The molecule has 0 spiro atoms. The number of benzene rings is 1. The minimum atomic E-state index is -0.884. The van der Waals surface area contributed by atoms with Gasteiger partial charge in [0, 0.05) is 11.6 Å². The first-order valence-corrected chi connectivity index (χ1v) is 4.34. The van der Waals surface area contributed by atoms with Crippen LogP contribution in [0.1, 0.15) is 11.6 Å². The zero-order chi connectivity index (χ0) is 11.6. The van der Waals surface area contributed by atoms with E-state index in [0.29, 0.717) is 0 Å². The van der Waals surface area contributed by atoms with E-state index in [4.69, 9.17) is 5.73 Å². The number of nitrogens with two attached hydrogens (primary N) is 1. The van der Waals surface area contributed by atoms with E-state index in [2.05, 4.69) is 0 Å². The molecule has 1 unspecified atom stereocenters. The summed E-state index contributed by atoms with van der Waals surface area (Å²) >= 11 is 0. The molecule has 0 bridgehead atoms. The third-order valence-corrected chi connectivity index (χ3v) is 2.04. The Hall–Kier alpha value is -1.49. The van der Waals surface area contributed by atoms with E-state index in [9.17, 15) is 13.6 Å². The first kappa shape index (κ1) is 11.6. The average molecular weight is 214 g/mol. The molecule has 0 aromatic heterocycles. The zero-order valence-corrected chi connectivity index (χ0v) is 8.50. The predicted molar refractivity (Wildman–Crippen MR) is 52.0 cm³/mol. The summed E-state index contributed by atoms with van der Waals surface area (Å²) in [4.78, 5) is 12.6. The van der Waals surface area contributed by atoms with E-state index in [1.165, 1.54) is 11.0 Å². The molecule has 82 valence electrons. The molecule has 0 saturated carbocycles. The van der Waals surface area contributed by atoms with Gasteiger partial charge in [-0.05, 0) is 20.2 Å². The number of halogens is 2. The van der Waals surface area contributed by atoms with E-state index in [1.807, 2.05) is 0 Å². The quantitative estimate of drug-likeness (QED) is 0.817. The van der Waals surface area contributed by atoms with Gasteiger partial charge in [-0.25, -0.2) is 8.78 Å². The minimum absolute atomic E-state index is 0.0777. The third-order valence-electron chi connectivity index (χ3n) is 2.04. The maximum atomic E-state index is 13.3. The highest BCUT2D eigenvalue weighted by Gasteiger charge is 2.23. The summed E-state index contributed by atoms with van der Waals surface area (Å²) < 4.78 is 26.0. The Morgan fingerprint density at radius 1 is 1.40 bits per heavy atom. The summed E-state index contributed by atoms with van der Waals surface area (Å²) in [6.45, 7) is 0. The van der Waals surface area contributed by atoms with Gasteiger partial charge in [0.05, 0.1) is 0 Å². The summed E-state index contributed by atoms with van der Waals surface area (Å²) in [6, 6.07) is 2.16. The van der Waals surface area contributed by atoms with Gasteiger partial charge in [0.1, 0.15) is 17.7 Å². The number of rotatable bonds is 3. The van der Waals surface area contributed by atoms with Crippen molar-refractivity contribution < 1.29 is 13.6 Å². The van der Waals surface area contributed by atoms with Gasteiger partial charge in [-0.3, -0.25) is 9.69 Å². The van der Waals surface area contributed by atoms with E-state index < -0.39 is 23.6 Å². The molecule has 3 nitrogen and oxygen atoms in total. The van der Waals surface area contributed by atoms with Gasteiger partial charge in [-0.1, -0.05) is 6.07 Å². The van der Waals surface area contributed by atoms with Crippen LogP contribution in [0.3, 0.4) is 0 Å². The highest BCUT2D eigenvalue weighted by Crippen LogP contribution is 2.21. The van der Waals surface area contributed by atoms with Gasteiger partial charge >= 0.3 is 0 Å². The van der Waals surface area contributed by atoms with Crippen LogP contribution >= 0.6 is 0 Å². The number of primary amides is 1. The Morgan fingerprint density at radius 3 is 2.40 bits per heavy atom. The molecule has 0 saturated heterocycles. The highest BCUT2D eigenvalue weighted by atomic mass is 19.1. The molecule has 0 heterocycles. The number of likely N-dealkylation sites (N-methyl/N-ethyl adjacent to an activating group) is 1. The SMILES string of the molecule is CN(C)C(C(N)=O)c1ccc(F)cc1F. The maximum Gasteiger partial charge on any atom is 0.239 e. The second-order valence-corrected chi connectivity index (χ2v) is 3.43. The van der Waals surface area contributed by atoms with Gasteiger partial charge in [0.25, 0.3) is 0 Å². The van der Waals surface area contributed by atoms with Crippen molar-refractivity contribution in [2.45, 2.75) is 6.04 Å². The predicted octanol–water partition coefficient (Wildman–Crippen LogP) is 1.05. The van der Waals surface area contributed by atoms with Crippen molar-refractivity contribution >= 4 is 5.91 Å². The van der Waals surface area contributed by atoms with Crippen molar-refractivity contribution in [3.63, 3.8) is 0 Å². The van der Waals surface area contributed by atoms with Crippen LogP contribution in [0.25, 0.3) is 0 Å². The van der Waals surface area contributed by atoms with Crippen molar-refractivity contribution in [1.82, 2.24) is 4.90 Å². The van der Waals surface area contributed by atoms with Crippen LogP contribution in [0.15, 0.2) is 18.2 Å². The Balaban J connectivity index is 3.17. The average Bonchev–Trinajstić information content (AvgIpc) is 2.08. The molecular weight excluding hydrogens is 202 g/mol. The van der Waals surface area contributed by atoms with Crippen LogP contribution in [0.2, 0.25) is 0 Å². The molecule has 0 aliphatic rings. The lowest BCUT2D eigenvalue weighted by molar-refractivity contribution is -0.122. The Labute approximate surface area is 86.5 Å². The molecule has 1 aromatic rings. The van der Waals surface area contributed by atoms with Crippen molar-refractivity contribution in [1.29, 1.82) is 0 Å². The molecular formula is C10H12F2N2O. The Kier molecular flexibility index (Phi) is 3.36. The minimum Gasteiger partial charge on any atom is -0.368 e. The lowest BCUT2D eigenvalue weighted by Gasteiger charge is -2.21. The summed E-state index contributed by atoms with van der Waals surface area (Å²) in [6.07, 6.45) is 0. The molecule has 1 atom stereocenters. The van der Waals surface area contributed by atoms with E-state index in [1.54, 1.807) is 14.1 Å². The zero-order valence-electron chi connectivity index (χ0n) is 8.50. The summed E-state index contributed by atoms with van der Waals surface area (Å²) in [5.41, 5.74) is 5.21. The number of amides is 1. The summed E-state index contributed by atoms with van der Waals surface area (Å²) in [5, 5.41) is 0. The third kappa shape index (κ3) is 2.50. The molecule has 0 fully saturated rings. The fourth-order valence-corrected chi connectivity index (χ4v) is 1.41. The molecule has 5 heteroatoms. The largest absolute Gasteiger partial charge is 0.368 e. The van der Waals surface area contributed by atoms with Crippen LogP contribution in [0.5, 0.6) is 0 Å². The van der Waals surface area contributed by atoms with Crippen molar-refractivity contribution in [2.75, 3.05) is 14.1 Å². The van der Waals surface area contributed by atoms with Gasteiger partial charge in [-0.15, -0.1) is 0 Å². The first-order chi connectivity index (χ1) is 6.93. The van der Waals surface area contributed by atoms with Crippen molar-refractivity contribution in [3.8, 4) is 0 Å². The molecule has 1 rings (SSSR count). The van der Waals surface area contributed by atoms with Crippen molar-refractivity contribution in [2.24, 2.45) is 5.73 Å². The van der Waals surface area contributed by atoms with Crippen LogP contribution in [0.4, 0.5) is 8.78 Å². The van der Waals surface area contributed by atoms with Crippen LogP contribution in [-0.4, -0.2) is 24.9 Å². The lowest BCUT2D eigenvalue weighted by atomic mass is 10.0. The topological polar surface area (TPSA) is 46.3 Å². The highest BCUT2D eigenvalue weighted by molar-refractivity contribution is 5.81. The Morgan fingerprint density at radius 2 is 2.00 bits per heavy atom. The molecule has 15 heavy (non-hydrogen) atoms. The van der Waals surface area contributed by atoms with Crippen LogP contribution in [0, 0.1) is 11.6 Å². The number of carbonyl (C=O) groups is 1. The van der Waals surface area contributed by atoms with E-state index in [-0.39, 0.29) is 5.56 Å². The smallest absolute Gasteiger partial charge is 0.239 e. The Bertz CT molecular complexity index is 380. The maximum absolute atomic E-state index is 13.3. The van der Waals surface area contributed by atoms with E-state index in [0.717, 1.165) is 12.1 Å². The van der Waals surface area contributed by atoms with Gasteiger partial charge in [-0.2, -0.15) is 0 Å². The molecule has 1 aromatic carbocycles. The number of nitrogens with zero attached hydrogens (tertiary/aromatic N) is 1. The van der Waals surface area contributed by atoms with Crippen LogP contribution in [-0.2, 0) is 4.79 Å². The van der Waals surface area contributed by atoms with Crippen molar-refractivity contribution in [3.05, 3.63) is 35.4 Å². The number of hydrogen-bond acceptors (Lipinski definition) is 2. The lowest BCUT2D eigenvalue weighted by Crippen LogP contribution is -2.33. The van der Waals surface area contributed by atoms with Gasteiger partial charge in [0.2, 0.25) is 5.91 Å². The number of carbonyl (C=O) groups excluding carboxylic acids is 1. The second-order valence-electron chi connectivity index (χ2n) is 3.43. The van der Waals surface area contributed by atoms with Gasteiger partial charge in [0.15, 0.2) is 0 Å².